The molecule has 114 valence electrons. The molecule has 3 unspecified atom stereocenters. The van der Waals surface area contributed by atoms with E-state index in [9.17, 15) is 0 Å². The van der Waals surface area contributed by atoms with Crippen LogP contribution < -0.4 is 10.6 Å². The Labute approximate surface area is 130 Å². The zero-order valence-electron chi connectivity index (χ0n) is 13.0. The molecule has 2 heterocycles. The highest BCUT2D eigenvalue weighted by Gasteiger charge is 2.27. The van der Waals surface area contributed by atoms with E-state index >= 15 is 0 Å². The van der Waals surface area contributed by atoms with Crippen LogP contribution in [-0.4, -0.2) is 22.6 Å². The van der Waals surface area contributed by atoms with E-state index in [1.807, 2.05) is 0 Å². The summed E-state index contributed by atoms with van der Waals surface area (Å²) < 4.78 is 0. The SMILES string of the molecule is CCNc1nc(NC2CCCC(C)C2C)c2ccsc2n1. The summed E-state index contributed by atoms with van der Waals surface area (Å²) in [4.78, 5) is 10.3. The Balaban J connectivity index is 1.89. The number of anilines is 2. The zero-order chi connectivity index (χ0) is 14.8. The maximum Gasteiger partial charge on any atom is 0.226 e. The number of thiophene rings is 1. The van der Waals surface area contributed by atoms with Crippen molar-refractivity contribution in [3.05, 3.63) is 11.4 Å². The van der Waals surface area contributed by atoms with Crippen molar-refractivity contribution in [1.29, 1.82) is 0 Å². The van der Waals surface area contributed by atoms with Gasteiger partial charge in [-0.05, 0) is 36.6 Å². The summed E-state index contributed by atoms with van der Waals surface area (Å²) >= 11 is 1.67. The van der Waals surface area contributed by atoms with Crippen molar-refractivity contribution in [2.45, 2.75) is 46.1 Å². The predicted molar refractivity (Wildman–Crippen MR) is 91.2 cm³/mol. The fourth-order valence-corrected chi connectivity index (χ4v) is 3.93. The van der Waals surface area contributed by atoms with Gasteiger partial charge in [-0.1, -0.05) is 26.7 Å². The third-order valence-corrected chi connectivity index (χ3v) is 5.50. The van der Waals surface area contributed by atoms with Gasteiger partial charge in [0.05, 0.1) is 5.39 Å². The molecule has 1 saturated carbocycles. The summed E-state index contributed by atoms with van der Waals surface area (Å²) in [6, 6.07) is 2.64. The van der Waals surface area contributed by atoms with Crippen molar-refractivity contribution in [3.63, 3.8) is 0 Å². The van der Waals surface area contributed by atoms with E-state index in [4.69, 9.17) is 0 Å². The van der Waals surface area contributed by atoms with Crippen LogP contribution in [0.2, 0.25) is 0 Å². The first-order valence-electron chi connectivity index (χ1n) is 7.94. The monoisotopic (exact) mass is 304 g/mol. The standard InChI is InChI=1S/C16H24N4S/c1-4-17-16-19-14(12-8-9-21-15(12)20-16)18-13-7-5-6-10(2)11(13)3/h8-11,13H,4-7H2,1-3H3,(H2,17,18,19,20). The van der Waals surface area contributed by atoms with Crippen LogP contribution >= 0.6 is 11.3 Å². The molecular formula is C16H24N4S. The lowest BCUT2D eigenvalue weighted by molar-refractivity contribution is 0.253. The average Bonchev–Trinajstić information content (AvgIpc) is 2.93. The fraction of sp³-hybridized carbons (Fsp3) is 0.625. The van der Waals surface area contributed by atoms with Crippen molar-refractivity contribution < 1.29 is 0 Å². The minimum Gasteiger partial charge on any atom is -0.366 e. The molecule has 2 aromatic heterocycles. The van der Waals surface area contributed by atoms with Crippen LogP contribution in [0.1, 0.15) is 40.0 Å². The zero-order valence-corrected chi connectivity index (χ0v) is 13.8. The van der Waals surface area contributed by atoms with Crippen molar-refractivity contribution in [1.82, 2.24) is 9.97 Å². The van der Waals surface area contributed by atoms with Crippen molar-refractivity contribution >= 4 is 33.3 Å². The molecular weight excluding hydrogens is 280 g/mol. The first-order valence-corrected chi connectivity index (χ1v) is 8.82. The van der Waals surface area contributed by atoms with E-state index < -0.39 is 0 Å². The first kappa shape index (κ1) is 14.6. The molecule has 1 fully saturated rings. The second-order valence-corrected chi connectivity index (χ2v) is 6.98. The summed E-state index contributed by atoms with van der Waals surface area (Å²) in [6.07, 6.45) is 3.89. The lowest BCUT2D eigenvalue weighted by Crippen LogP contribution is -2.35. The highest BCUT2D eigenvalue weighted by atomic mass is 32.1. The van der Waals surface area contributed by atoms with E-state index in [-0.39, 0.29) is 0 Å². The predicted octanol–water partition coefficient (Wildman–Crippen LogP) is 4.36. The highest BCUT2D eigenvalue weighted by Crippen LogP contribution is 2.33. The molecule has 0 aliphatic heterocycles. The summed E-state index contributed by atoms with van der Waals surface area (Å²) in [5, 5.41) is 10.2. The number of nitrogens with one attached hydrogen (secondary N) is 2. The summed E-state index contributed by atoms with van der Waals surface area (Å²) in [5.41, 5.74) is 0. The largest absolute Gasteiger partial charge is 0.366 e. The quantitative estimate of drug-likeness (QED) is 0.881. The first-order chi connectivity index (χ1) is 10.2. The molecule has 0 saturated heterocycles. The molecule has 2 aromatic rings. The number of nitrogens with zero attached hydrogens (tertiary/aromatic N) is 2. The van der Waals surface area contributed by atoms with E-state index in [1.165, 1.54) is 19.3 Å². The van der Waals surface area contributed by atoms with Gasteiger partial charge < -0.3 is 10.6 Å². The van der Waals surface area contributed by atoms with E-state index in [0.29, 0.717) is 12.0 Å². The molecule has 3 atom stereocenters. The van der Waals surface area contributed by atoms with Crippen LogP contribution in [0, 0.1) is 11.8 Å². The third-order valence-electron chi connectivity index (χ3n) is 4.69. The molecule has 5 heteroatoms. The van der Waals surface area contributed by atoms with Gasteiger partial charge in [-0.3, -0.25) is 0 Å². The topological polar surface area (TPSA) is 49.8 Å². The average molecular weight is 304 g/mol. The molecule has 0 aromatic carbocycles. The van der Waals surface area contributed by atoms with Crippen LogP contribution in [0.3, 0.4) is 0 Å². The Morgan fingerprint density at radius 3 is 2.95 bits per heavy atom. The Morgan fingerprint density at radius 1 is 1.29 bits per heavy atom. The van der Waals surface area contributed by atoms with Crippen LogP contribution in [0.25, 0.3) is 10.2 Å². The van der Waals surface area contributed by atoms with E-state index in [1.54, 1.807) is 11.3 Å². The van der Waals surface area contributed by atoms with Crippen LogP contribution in [0.15, 0.2) is 11.4 Å². The highest BCUT2D eigenvalue weighted by molar-refractivity contribution is 7.16. The fourth-order valence-electron chi connectivity index (χ4n) is 3.16. The summed E-state index contributed by atoms with van der Waals surface area (Å²) in [7, 11) is 0. The lowest BCUT2D eigenvalue weighted by atomic mass is 9.78. The maximum atomic E-state index is 4.69. The molecule has 21 heavy (non-hydrogen) atoms. The number of hydrogen-bond donors (Lipinski definition) is 2. The Morgan fingerprint density at radius 2 is 2.14 bits per heavy atom. The molecule has 0 spiro atoms. The molecule has 0 radical (unpaired) electrons. The third kappa shape index (κ3) is 2.98. The smallest absolute Gasteiger partial charge is 0.226 e. The Bertz CT molecular complexity index is 609. The van der Waals surface area contributed by atoms with Gasteiger partial charge in [0.2, 0.25) is 5.95 Å². The maximum absolute atomic E-state index is 4.69. The van der Waals surface area contributed by atoms with Crippen molar-refractivity contribution in [2.75, 3.05) is 17.2 Å². The molecule has 0 amide bonds. The van der Waals surface area contributed by atoms with Crippen LogP contribution in [0.5, 0.6) is 0 Å². The molecule has 2 N–H and O–H groups in total. The van der Waals surface area contributed by atoms with Gasteiger partial charge in [0.25, 0.3) is 0 Å². The second-order valence-electron chi connectivity index (χ2n) is 6.08. The van der Waals surface area contributed by atoms with Gasteiger partial charge in [-0.25, -0.2) is 4.98 Å². The molecule has 1 aliphatic carbocycles. The molecule has 4 nitrogen and oxygen atoms in total. The van der Waals surface area contributed by atoms with Crippen LogP contribution in [0.4, 0.5) is 11.8 Å². The van der Waals surface area contributed by atoms with Crippen molar-refractivity contribution in [3.8, 4) is 0 Å². The van der Waals surface area contributed by atoms with Gasteiger partial charge in [-0.2, -0.15) is 4.98 Å². The van der Waals surface area contributed by atoms with Gasteiger partial charge in [0.1, 0.15) is 10.6 Å². The molecule has 1 aliphatic rings. The number of rotatable bonds is 4. The van der Waals surface area contributed by atoms with Gasteiger partial charge >= 0.3 is 0 Å². The Kier molecular flexibility index (Phi) is 4.29. The number of fused-ring (bicyclic) bond motifs is 1. The minimum absolute atomic E-state index is 0.515. The number of hydrogen-bond acceptors (Lipinski definition) is 5. The lowest BCUT2D eigenvalue weighted by Gasteiger charge is -2.35. The van der Waals surface area contributed by atoms with E-state index in [0.717, 1.165) is 34.4 Å². The summed E-state index contributed by atoms with van der Waals surface area (Å²) in [5.74, 6) is 3.18. The summed E-state index contributed by atoms with van der Waals surface area (Å²) in [6.45, 7) is 7.63. The molecule has 0 bridgehead atoms. The molecule has 3 rings (SSSR count). The normalized spacial score (nSPS) is 26.0. The Hall–Kier alpha value is -1.36. The van der Waals surface area contributed by atoms with Crippen LogP contribution in [-0.2, 0) is 0 Å². The van der Waals surface area contributed by atoms with Crippen molar-refractivity contribution in [2.24, 2.45) is 11.8 Å². The van der Waals surface area contributed by atoms with Gasteiger partial charge in [0.15, 0.2) is 0 Å². The van der Waals surface area contributed by atoms with Gasteiger partial charge in [-0.15, -0.1) is 11.3 Å². The van der Waals surface area contributed by atoms with Gasteiger partial charge in [0, 0.05) is 12.6 Å². The second kappa shape index (κ2) is 6.18. The van der Waals surface area contributed by atoms with E-state index in [2.05, 4.69) is 52.8 Å². The number of aromatic nitrogens is 2. The minimum atomic E-state index is 0.515.